The molecule has 2 rings (SSSR count). The number of hydrogen-bond donors (Lipinski definition) is 1. The van der Waals surface area contributed by atoms with Crippen molar-refractivity contribution < 1.29 is 9.84 Å². The minimum absolute atomic E-state index is 0.315. The van der Waals surface area contributed by atoms with Crippen LogP contribution in [-0.4, -0.2) is 41.1 Å². The Morgan fingerprint density at radius 3 is 3.06 bits per heavy atom. The summed E-state index contributed by atoms with van der Waals surface area (Å²) in [6.07, 6.45) is -0.315. The molecule has 1 unspecified atom stereocenters. The fourth-order valence-corrected chi connectivity index (χ4v) is 2.09. The van der Waals surface area contributed by atoms with Crippen LogP contribution in [0.4, 0.5) is 0 Å². The second-order valence-corrected chi connectivity index (χ2v) is 4.65. The van der Waals surface area contributed by atoms with E-state index in [4.69, 9.17) is 4.74 Å². The first-order valence-electron chi connectivity index (χ1n) is 5.46. The van der Waals surface area contributed by atoms with Crippen molar-refractivity contribution in [1.82, 2.24) is 4.90 Å². The second-order valence-electron chi connectivity index (χ2n) is 4.00. The van der Waals surface area contributed by atoms with Gasteiger partial charge in [-0.1, -0.05) is 34.1 Å². The molecule has 0 spiro atoms. The standard InChI is InChI=1S/C12H16BrNO2/c13-7-11(15)9-14-5-6-16-12-4-2-1-3-10(12)8-14/h1-4,11,15H,5-9H2. The number of alkyl halides is 1. The Morgan fingerprint density at radius 1 is 1.44 bits per heavy atom. The molecule has 0 radical (unpaired) electrons. The number of fused-ring (bicyclic) bond motifs is 1. The number of nitrogens with zero attached hydrogens (tertiary/aromatic N) is 1. The fraction of sp³-hybridized carbons (Fsp3) is 0.500. The lowest BCUT2D eigenvalue weighted by atomic mass is 10.2. The number of rotatable bonds is 3. The molecule has 0 amide bonds. The minimum atomic E-state index is -0.315. The molecule has 0 bridgehead atoms. The van der Waals surface area contributed by atoms with Gasteiger partial charge >= 0.3 is 0 Å². The van der Waals surface area contributed by atoms with Crippen LogP contribution in [0.25, 0.3) is 0 Å². The normalized spacial score (nSPS) is 18.4. The zero-order valence-corrected chi connectivity index (χ0v) is 10.7. The average Bonchev–Trinajstić information content (AvgIpc) is 2.50. The van der Waals surface area contributed by atoms with Gasteiger partial charge in [-0.05, 0) is 6.07 Å². The topological polar surface area (TPSA) is 32.7 Å². The molecule has 1 aliphatic heterocycles. The molecule has 1 aromatic rings. The lowest BCUT2D eigenvalue weighted by Crippen LogP contribution is -2.34. The van der Waals surface area contributed by atoms with Gasteiger partial charge in [-0.3, -0.25) is 4.90 Å². The molecule has 3 nitrogen and oxygen atoms in total. The summed E-state index contributed by atoms with van der Waals surface area (Å²) < 4.78 is 5.66. The monoisotopic (exact) mass is 285 g/mol. The number of para-hydroxylation sites is 1. The van der Waals surface area contributed by atoms with Crippen LogP contribution in [0, 0.1) is 0 Å². The summed E-state index contributed by atoms with van der Waals surface area (Å²) in [5.74, 6) is 0.971. The largest absolute Gasteiger partial charge is 0.492 e. The summed E-state index contributed by atoms with van der Waals surface area (Å²) in [7, 11) is 0. The maximum Gasteiger partial charge on any atom is 0.123 e. The SMILES string of the molecule is OC(CBr)CN1CCOc2ccccc2C1. The third-order valence-corrected chi connectivity index (χ3v) is 3.43. The van der Waals surface area contributed by atoms with E-state index in [0.717, 1.165) is 18.8 Å². The smallest absolute Gasteiger partial charge is 0.123 e. The first kappa shape index (κ1) is 11.9. The highest BCUT2D eigenvalue weighted by atomic mass is 79.9. The molecule has 1 N–H and O–H groups in total. The van der Waals surface area contributed by atoms with Gasteiger partial charge in [0.25, 0.3) is 0 Å². The van der Waals surface area contributed by atoms with Crippen molar-refractivity contribution in [3.63, 3.8) is 0 Å². The van der Waals surface area contributed by atoms with Gasteiger partial charge in [0.2, 0.25) is 0 Å². The summed E-state index contributed by atoms with van der Waals surface area (Å²) in [4.78, 5) is 2.22. The summed E-state index contributed by atoms with van der Waals surface area (Å²) in [5, 5.41) is 10.2. The molecular weight excluding hydrogens is 270 g/mol. The first-order chi connectivity index (χ1) is 7.79. The van der Waals surface area contributed by atoms with E-state index in [1.54, 1.807) is 0 Å². The van der Waals surface area contributed by atoms with Crippen molar-refractivity contribution in [3.8, 4) is 5.75 Å². The Morgan fingerprint density at radius 2 is 2.25 bits per heavy atom. The zero-order valence-electron chi connectivity index (χ0n) is 9.10. The molecule has 0 aromatic heterocycles. The van der Waals surface area contributed by atoms with Crippen LogP contribution in [0.3, 0.4) is 0 Å². The van der Waals surface area contributed by atoms with Crippen LogP contribution in [0.15, 0.2) is 24.3 Å². The number of aliphatic hydroxyl groups is 1. The summed E-state index contributed by atoms with van der Waals surface area (Å²) in [5.41, 5.74) is 1.20. The first-order valence-corrected chi connectivity index (χ1v) is 6.59. The number of β-amino-alcohol motifs (C(OH)–C–C–N with tert-alkyl or cyclic N) is 1. The van der Waals surface area contributed by atoms with E-state index in [1.807, 2.05) is 18.2 Å². The van der Waals surface area contributed by atoms with Gasteiger partial charge in [0.1, 0.15) is 12.4 Å². The van der Waals surface area contributed by atoms with Gasteiger partial charge in [-0.25, -0.2) is 0 Å². The molecule has 0 saturated carbocycles. The lowest BCUT2D eigenvalue weighted by molar-refractivity contribution is 0.121. The maximum absolute atomic E-state index is 9.62. The second kappa shape index (κ2) is 5.66. The number of ether oxygens (including phenoxy) is 1. The third-order valence-electron chi connectivity index (χ3n) is 2.68. The number of benzene rings is 1. The molecule has 1 atom stereocenters. The van der Waals surface area contributed by atoms with E-state index in [1.165, 1.54) is 5.56 Å². The van der Waals surface area contributed by atoms with Crippen LogP contribution in [0.2, 0.25) is 0 Å². The molecule has 4 heteroatoms. The lowest BCUT2D eigenvalue weighted by Gasteiger charge is -2.21. The predicted octanol–water partition coefficient (Wildman–Crippen LogP) is 1.64. The fourth-order valence-electron chi connectivity index (χ4n) is 1.88. The van der Waals surface area contributed by atoms with Gasteiger partial charge in [0, 0.05) is 30.5 Å². The Balaban J connectivity index is 2.05. The van der Waals surface area contributed by atoms with Crippen LogP contribution in [0.1, 0.15) is 5.56 Å². The van der Waals surface area contributed by atoms with Gasteiger partial charge in [-0.15, -0.1) is 0 Å². The van der Waals surface area contributed by atoms with Crippen molar-refractivity contribution in [2.24, 2.45) is 0 Å². The highest BCUT2D eigenvalue weighted by Gasteiger charge is 2.16. The summed E-state index contributed by atoms with van der Waals surface area (Å²) in [6.45, 7) is 3.08. The number of hydrogen-bond acceptors (Lipinski definition) is 3. The zero-order chi connectivity index (χ0) is 11.4. The number of halogens is 1. The van der Waals surface area contributed by atoms with Gasteiger partial charge in [0.05, 0.1) is 6.10 Å². The van der Waals surface area contributed by atoms with E-state index >= 15 is 0 Å². The van der Waals surface area contributed by atoms with E-state index < -0.39 is 0 Å². The van der Waals surface area contributed by atoms with Crippen LogP contribution in [0.5, 0.6) is 5.75 Å². The molecule has 1 aliphatic rings. The van der Waals surface area contributed by atoms with Crippen LogP contribution >= 0.6 is 15.9 Å². The molecule has 0 aliphatic carbocycles. The van der Waals surface area contributed by atoms with E-state index in [2.05, 4.69) is 26.9 Å². The van der Waals surface area contributed by atoms with E-state index in [0.29, 0.717) is 18.5 Å². The quantitative estimate of drug-likeness (QED) is 0.857. The molecule has 16 heavy (non-hydrogen) atoms. The van der Waals surface area contributed by atoms with Crippen molar-refractivity contribution in [2.45, 2.75) is 12.6 Å². The van der Waals surface area contributed by atoms with Crippen LogP contribution in [-0.2, 0) is 6.54 Å². The Hall–Kier alpha value is -0.580. The molecule has 88 valence electrons. The molecule has 1 aromatic carbocycles. The maximum atomic E-state index is 9.62. The van der Waals surface area contributed by atoms with E-state index in [9.17, 15) is 5.11 Å². The molecule has 0 fully saturated rings. The Kier molecular flexibility index (Phi) is 4.21. The van der Waals surface area contributed by atoms with Crippen molar-refractivity contribution in [1.29, 1.82) is 0 Å². The minimum Gasteiger partial charge on any atom is -0.492 e. The summed E-state index contributed by atoms with van der Waals surface area (Å²) in [6, 6.07) is 8.09. The Bertz CT molecular complexity index is 346. The third kappa shape index (κ3) is 2.97. The Labute approximate surface area is 104 Å². The van der Waals surface area contributed by atoms with Gasteiger partial charge in [0.15, 0.2) is 0 Å². The van der Waals surface area contributed by atoms with Crippen LogP contribution < -0.4 is 4.74 Å². The number of aliphatic hydroxyl groups excluding tert-OH is 1. The average molecular weight is 286 g/mol. The highest BCUT2D eigenvalue weighted by molar-refractivity contribution is 9.09. The molecular formula is C12H16BrNO2. The molecule has 1 heterocycles. The predicted molar refractivity (Wildman–Crippen MR) is 67.0 cm³/mol. The van der Waals surface area contributed by atoms with Crippen molar-refractivity contribution in [2.75, 3.05) is 25.0 Å². The van der Waals surface area contributed by atoms with Gasteiger partial charge < -0.3 is 9.84 Å². The molecule has 0 saturated heterocycles. The highest BCUT2D eigenvalue weighted by Crippen LogP contribution is 2.22. The van der Waals surface area contributed by atoms with Crippen molar-refractivity contribution in [3.05, 3.63) is 29.8 Å². The van der Waals surface area contributed by atoms with E-state index in [-0.39, 0.29) is 6.10 Å². The summed E-state index contributed by atoms with van der Waals surface area (Å²) >= 11 is 3.28. The van der Waals surface area contributed by atoms with Crippen molar-refractivity contribution >= 4 is 15.9 Å². The van der Waals surface area contributed by atoms with Gasteiger partial charge in [-0.2, -0.15) is 0 Å².